The van der Waals surface area contributed by atoms with E-state index in [2.05, 4.69) is 49.3 Å². The zero-order valence-corrected chi connectivity index (χ0v) is 15.6. The second kappa shape index (κ2) is 6.07. The summed E-state index contributed by atoms with van der Waals surface area (Å²) in [6.45, 7) is 19.8. The molecule has 3 heteroatoms. The Morgan fingerprint density at radius 1 is 0.909 bits per heavy atom. The summed E-state index contributed by atoms with van der Waals surface area (Å²) in [5, 5.41) is 0. The lowest BCUT2D eigenvalue weighted by Crippen LogP contribution is -2.64. The van der Waals surface area contributed by atoms with Crippen molar-refractivity contribution >= 4 is 0 Å². The molecule has 0 unspecified atom stereocenters. The molecule has 0 saturated carbocycles. The molecular formula is C19H37N3. The molecule has 3 aliphatic rings. The first-order valence-corrected chi connectivity index (χ1v) is 9.52. The first-order valence-electron chi connectivity index (χ1n) is 9.52. The molecule has 3 saturated heterocycles. The van der Waals surface area contributed by atoms with Gasteiger partial charge in [-0.25, -0.2) is 0 Å². The maximum atomic E-state index is 2.81. The highest BCUT2D eigenvalue weighted by molar-refractivity contribution is 5.01. The Morgan fingerprint density at radius 2 is 1.45 bits per heavy atom. The molecule has 0 radical (unpaired) electrons. The second-order valence-corrected chi connectivity index (χ2v) is 9.42. The quantitative estimate of drug-likeness (QED) is 0.776. The van der Waals surface area contributed by atoms with Gasteiger partial charge in [0.1, 0.15) is 0 Å². The third-order valence-electron chi connectivity index (χ3n) is 6.60. The van der Waals surface area contributed by atoms with E-state index in [1.54, 1.807) is 0 Å². The van der Waals surface area contributed by atoms with Gasteiger partial charge in [0.25, 0.3) is 0 Å². The lowest BCUT2D eigenvalue weighted by molar-refractivity contribution is -0.0869. The molecule has 128 valence electrons. The lowest BCUT2D eigenvalue weighted by Gasteiger charge is -2.58. The van der Waals surface area contributed by atoms with E-state index in [9.17, 15) is 0 Å². The lowest BCUT2D eigenvalue weighted by atomic mass is 9.70. The molecule has 3 aliphatic heterocycles. The first kappa shape index (κ1) is 16.7. The zero-order valence-electron chi connectivity index (χ0n) is 15.6. The third-order valence-corrected chi connectivity index (χ3v) is 6.60. The van der Waals surface area contributed by atoms with Crippen molar-refractivity contribution in [1.29, 1.82) is 0 Å². The molecule has 0 atom stereocenters. The molecule has 0 bridgehead atoms. The Labute approximate surface area is 138 Å². The summed E-state index contributed by atoms with van der Waals surface area (Å²) >= 11 is 0. The summed E-state index contributed by atoms with van der Waals surface area (Å²) in [7, 11) is 0. The van der Waals surface area contributed by atoms with Gasteiger partial charge in [-0.2, -0.15) is 0 Å². The monoisotopic (exact) mass is 307 g/mol. The minimum Gasteiger partial charge on any atom is -0.301 e. The molecule has 3 nitrogen and oxygen atoms in total. The third kappa shape index (κ3) is 3.37. The van der Waals surface area contributed by atoms with Crippen LogP contribution in [0.15, 0.2) is 0 Å². The van der Waals surface area contributed by atoms with Gasteiger partial charge in [0.2, 0.25) is 0 Å². The van der Waals surface area contributed by atoms with Gasteiger partial charge < -0.3 is 4.90 Å². The van der Waals surface area contributed by atoms with Crippen molar-refractivity contribution in [2.24, 2.45) is 5.41 Å². The van der Waals surface area contributed by atoms with Crippen LogP contribution in [0.25, 0.3) is 0 Å². The van der Waals surface area contributed by atoms with Crippen LogP contribution in [0, 0.1) is 5.41 Å². The van der Waals surface area contributed by atoms with Gasteiger partial charge in [0.15, 0.2) is 0 Å². The molecule has 3 heterocycles. The Morgan fingerprint density at radius 3 is 1.91 bits per heavy atom. The van der Waals surface area contributed by atoms with Crippen LogP contribution < -0.4 is 0 Å². The van der Waals surface area contributed by atoms with E-state index in [1.807, 2.05) is 0 Å². The van der Waals surface area contributed by atoms with E-state index in [1.165, 1.54) is 65.0 Å². The van der Waals surface area contributed by atoms with Crippen molar-refractivity contribution < 1.29 is 0 Å². The topological polar surface area (TPSA) is 9.72 Å². The largest absolute Gasteiger partial charge is 0.301 e. The maximum absolute atomic E-state index is 2.81. The van der Waals surface area contributed by atoms with Gasteiger partial charge >= 0.3 is 0 Å². The molecule has 1 spiro atoms. The van der Waals surface area contributed by atoms with E-state index >= 15 is 0 Å². The van der Waals surface area contributed by atoms with Gasteiger partial charge in [-0.3, -0.25) is 9.80 Å². The molecule has 0 N–H and O–H groups in total. The summed E-state index contributed by atoms with van der Waals surface area (Å²) in [4.78, 5) is 8.14. The first-order chi connectivity index (χ1) is 10.3. The van der Waals surface area contributed by atoms with E-state index in [0.29, 0.717) is 11.0 Å². The summed E-state index contributed by atoms with van der Waals surface area (Å²) < 4.78 is 0. The predicted molar refractivity (Wildman–Crippen MR) is 94.3 cm³/mol. The highest BCUT2D eigenvalue weighted by atomic mass is 15.3. The summed E-state index contributed by atoms with van der Waals surface area (Å²) in [6.07, 6.45) is 5.63. The fraction of sp³-hybridized carbons (Fsp3) is 1.00. The van der Waals surface area contributed by atoms with Gasteiger partial charge in [-0.15, -0.1) is 0 Å². The Bertz CT molecular complexity index is 361. The van der Waals surface area contributed by atoms with Gasteiger partial charge in [0.05, 0.1) is 0 Å². The summed E-state index contributed by atoms with van der Waals surface area (Å²) in [6, 6.07) is 1.60. The standard InChI is InChI=1S/C19H37N3/c1-16(2)20-12-8-19(9-13-20)14-21(15-19)17-6-10-22(11-7-17)18(3,4)5/h16-17H,6-15H2,1-5H3. The van der Waals surface area contributed by atoms with Gasteiger partial charge in [-0.1, -0.05) is 0 Å². The van der Waals surface area contributed by atoms with Crippen molar-refractivity contribution in [3.05, 3.63) is 0 Å². The highest BCUT2D eigenvalue weighted by Gasteiger charge is 2.47. The predicted octanol–water partition coefficient (Wildman–Crippen LogP) is 3.06. The Kier molecular flexibility index (Phi) is 4.61. The van der Waals surface area contributed by atoms with Crippen molar-refractivity contribution in [3.63, 3.8) is 0 Å². The van der Waals surface area contributed by atoms with E-state index in [-0.39, 0.29) is 0 Å². The van der Waals surface area contributed by atoms with Crippen molar-refractivity contribution in [2.75, 3.05) is 39.3 Å². The molecule has 0 aromatic rings. The van der Waals surface area contributed by atoms with Crippen LogP contribution in [0.5, 0.6) is 0 Å². The maximum Gasteiger partial charge on any atom is 0.0125 e. The van der Waals surface area contributed by atoms with Gasteiger partial charge in [0, 0.05) is 43.8 Å². The van der Waals surface area contributed by atoms with Crippen molar-refractivity contribution in [3.8, 4) is 0 Å². The average molecular weight is 308 g/mol. The normalized spacial score (nSPS) is 29.2. The minimum absolute atomic E-state index is 0.352. The summed E-state index contributed by atoms with van der Waals surface area (Å²) in [5.74, 6) is 0. The molecule has 3 fully saturated rings. The molecule has 0 aromatic carbocycles. The van der Waals surface area contributed by atoms with Crippen molar-refractivity contribution in [2.45, 2.75) is 77.9 Å². The van der Waals surface area contributed by atoms with E-state index < -0.39 is 0 Å². The molecule has 0 aromatic heterocycles. The number of likely N-dealkylation sites (tertiary alicyclic amines) is 3. The number of piperidine rings is 2. The average Bonchev–Trinajstić information content (AvgIpc) is 2.44. The van der Waals surface area contributed by atoms with E-state index in [4.69, 9.17) is 0 Å². The van der Waals surface area contributed by atoms with Crippen LogP contribution in [0.3, 0.4) is 0 Å². The van der Waals surface area contributed by atoms with Crippen LogP contribution in [-0.2, 0) is 0 Å². The number of rotatable bonds is 2. The Balaban J connectivity index is 1.43. The summed E-state index contributed by atoms with van der Waals surface area (Å²) in [5.41, 5.74) is 1.04. The number of hydrogen-bond donors (Lipinski definition) is 0. The second-order valence-electron chi connectivity index (χ2n) is 9.42. The van der Waals surface area contributed by atoms with E-state index in [0.717, 1.165) is 12.1 Å². The Hall–Kier alpha value is -0.120. The van der Waals surface area contributed by atoms with Crippen LogP contribution in [0.2, 0.25) is 0 Å². The number of hydrogen-bond acceptors (Lipinski definition) is 3. The molecule has 0 aliphatic carbocycles. The molecule has 0 amide bonds. The van der Waals surface area contributed by atoms with Crippen LogP contribution >= 0.6 is 0 Å². The number of nitrogens with zero attached hydrogens (tertiary/aromatic N) is 3. The van der Waals surface area contributed by atoms with Crippen LogP contribution in [0.1, 0.15) is 60.3 Å². The fourth-order valence-corrected chi connectivity index (χ4v) is 4.81. The van der Waals surface area contributed by atoms with Crippen LogP contribution in [0.4, 0.5) is 0 Å². The smallest absolute Gasteiger partial charge is 0.0125 e. The minimum atomic E-state index is 0.352. The molecule has 3 rings (SSSR count). The zero-order chi connectivity index (χ0) is 16.0. The molecular weight excluding hydrogens is 270 g/mol. The van der Waals surface area contributed by atoms with Crippen LogP contribution in [-0.4, -0.2) is 71.6 Å². The van der Waals surface area contributed by atoms with Crippen molar-refractivity contribution in [1.82, 2.24) is 14.7 Å². The molecule has 22 heavy (non-hydrogen) atoms. The SMILES string of the molecule is CC(C)N1CCC2(CC1)CN(C1CCN(C(C)(C)C)CC1)C2. The highest BCUT2D eigenvalue weighted by Crippen LogP contribution is 2.43. The fourth-order valence-electron chi connectivity index (χ4n) is 4.81. The van der Waals surface area contributed by atoms with Gasteiger partial charge in [-0.05, 0) is 78.8 Å².